The van der Waals surface area contributed by atoms with Crippen molar-refractivity contribution in [3.8, 4) is 17.2 Å². The van der Waals surface area contributed by atoms with Crippen molar-refractivity contribution in [1.82, 2.24) is 13.9 Å². The first kappa shape index (κ1) is 38.6. The summed E-state index contributed by atoms with van der Waals surface area (Å²) in [5.41, 5.74) is 1.32. The Balaban J connectivity index is 0.000000263. The lowest BCUT2D eigenvalue weighted by molar-refractivity contribution is 0.295. The summed E-state index contributed by atoms with van der Waals surface area (Å²) in [6.45, 7) is 3.44. The van der Waals surface area contributed by atoms with Gasteiger partial charge in [-0.25, -0.2) is 30.3 Å². The van der Waals surface area contributed by atoms with E-state index in [1.807, 2.05) is 0 Å². The number of pyridine rings is 2. The molecular weight excluding hydrogens is 814 g/mol. The lowest BCUT2D eigenvalue weighted by Gasteiger charge is -2.15. The molecule has 9 nitrogen and oxygen atoms in total. The second kappa shape index (κ2) is 16.2. The smallest absolute Gasteiger partial charge is 0.269 e. The highest BCUT2D eigenvalue weighted by molar-refractivity contribution is 9.10. The highest BCUT2D eigenvalue weighted by Gasteiger charge is 2.18. The molecule has 2 heterocycles. The highest BCUT2D eigenvalue weighted by atomic mass is 79.9. The molecule has 0 fully saturated rings. The van der Waals surface area contributed by atoms with Gasteiger partial charge in [0.25, 0.3) is 11.1 Å². The Morgan fingerprint density at radius 1 is 0.780 bits per heavy atom. The number of aromatic amines is 1. The van der Waals surface area contributed by atoms with Crippen LogP contribution in [0.25, 0.3) is 0 Å². The molecule has 0 saturated carbocycles. The van der Waals surface area contributed by atoms with Crippen LogP contribution in [0.1, 0.15) is 22.5 Å². The molecule has 264 valence electrons. The Morgan fingerprint density at radius 3 is 2.00 bits per heavy atom. The normalized spacial score (nSPS) is 11.3. The molecule has 0 bridgehead atoms. The van der Waals surface area contributed by atoms with Gasteiger partial charge in [-0.05, 0) is 87.7 Å². The molecular formula is C34H29Br2F4N3O6S. The van der Waals surface area contributed by atoms with E-state index in [-0.39, 0.29) is 60.9 Å². The van der Waals surface area contributed by atoms with E-state index in [9.17, 15) is 35.6 Å². The van der Waals surface area contributed by atoms with Crippen molar-refractivity contribution in [3.05, 3.63) is 148 Å². The van der Waals surface area contributed by atoms with Gasteiger partial charge in [-0.15, -0.1) is 0 Å². The number of benzene rings is 3. The third-order valence-corrected chi connectivity index (χ3v) is 10.4. The van der Waals surface area contributed by atoms with E-state index in [1.54, 1.807) is 32.0 Å². The summed E-state index contributed by atoms with van der Waals surface area (Å²) < 4.78 is 91.2. The van der Waals surface area contributed by atoms with E-state index < -0.39 is 33.3 Å². The molecule has 5 aromatic rings. The zero-order valence-corrected chi connectivity index (χ0v) is 30.9. The maximum atomic E-state index is 13.8. The quantitative estimate of drug-likeness (QED) is 0.153. The van der Waals surface area contributed by atoms with Crippen LogP contribution in [0, 0.1) is 37.1 Å². The molecule has 2 aromatic heterocycles. The largest absolute Gasteiger partial charge is 0.487 e. The van der Waals surface area contributed by atoms with Gasteiger partial charge in [0, 0.05) is 55.3 Å². The van der Waals surface area contributed by atoms with Gasteiger partial charge in [0.15, 0.2) is 11.6 Å². The van der Waals surface area contributed by atoms with Crippen LogP contribution < -0.4 is 20.6 Å². The van der Waals surface area contributed by atoms with Gasteiger partial charge in [-0.1, -0.05) is 12.1 Å². The standard InChI is InChI=1S/C22H21BrF2N2O4S.C12H8BrF2NO2/c1-14-10-20(31-13-16-6-7-17(24)11-19(16)25)21(23)22(28)27(14)12-15-4-8-18(9-5-15)32(29,30)26(2)3;1-6-4-10(11(13)12(17)16-6)18-9-3-2-7(14)5-8(9)15/h4-11H,12-13H2,1-3H3;2-5H,1H3,(H,16,17). The molecule has 0 aliphatic carbocycles. The minimum atomic E-state index is -3.54. The lowest BCUT2D eigenvalue weighted by Crippen LogP contribution is -2.24. The van der Waals surface area contributed by atoms with E-state index >= 15 is 0 Å². The Morgan fingerprint density at radius 2 is 1.40 bits per heavy atom. The van der Waals surface area contributed by atoms with Crippen LogP contribution >= 0.6 is 31.9 Å². The zero-order chi connectivity index (χ0) is 36.9. The van der Waals surface area contributed by atoms with Crippen molar-refractivity contribution in [1.29, 1.82) is 0 Å². The van der Waals surface area contributed by atoms with Crippen molar-refractivity contribution < 1.29 is 35.5 Å². The number of ether oxygens (including phenoxy) is 2. The highest BCUT2D eigenvalue weighted by Crippen LogP contribution is 2.29. The maximum absolute atomic E-state index is 13.8. The minimum absolute atomic E-state index is 0.150. The Hall–Kier alpha value is -4.25. The summed E-state index contributed by atoms with van der Waals surface area (Å²) in [6, 6.07) is 15.6. The van der Waals surface area contributed by atoms with E-state index in [1.165, 1.54) is 42.9 Å². The fraction of sp³-hybridized carbons (Fsp3) is 0.176. The summed E-state index contributed by atoms with van der Waals surface area (Å²) in [6.07, 6.45) is 0. The van der Waals surface area contributed by atoms with E-state index in [0.717, 1.165) is 34.1 Å². The first-order valence-corrected chi connectivity index (χ1v) is 17.5. The van der Waals surface area contributed by atoms with Crippen LogP contribution in [-0.2, 0) is 23.2 Å². The average Bonchev–Trinajstić information content (AvgIpc) is 3.05. The van der Waals surface area contributed by atoms with Gasteiger partial charge in [-0.3, -0.25) is 9.59 Å². The van der Waals surface area contributed by atoms with E-state index in [0.29, 0.717) is 17.5 Å². The Kier molecular flexibility index (Phi) is 12.5. The predicted octanol–water partition coefficient (Wildman–Crippen LogP) is 7.59. The molecule has 0 aliphatic heterocycles. The summed E-state index contributed by atoms with van der Waals surface area (Å²) >= 11 is 6.28. The first-order chi connectivity index (χ1) is 23.5. The molecule has 0 atom stereocenters. The van der Waals surface area contributed by atoms with Crippen LogP contribution in [0.3, 0.4) is 0 Å². The molecule has 16 heteroatoms. The Labute approximate surface area is 301 Å². The predicted molar refractivity (Wildman–Crippen MR) is 186 cm³/mol. The summed E-state index contributed by atoms with van der Waals surface area (Å²) in [7, 11) is -0.624. The van der Waals surface area contributed by atoms with Crippen molar-refractivity contribution in [2.45, 2.75) is 31.9 Å². The van der Waals surface area contributed by atoms with Crippen LogP contribution in [0.4, 0.5) is 17.6 Å². The summed E-state index contributed by atoms with van der Waals surface area (Å²) in [5, 5.41) is 0. The second-order valence-electron chi connectivity index (χ2n) is 10.9. The number of rotatable bonds is 9. The molecule has 0 radical (unpaired) electrons. The third kappa shape index (κ3) is 9.29. The fourth-order valence-corrected chi connectivity index (χ4v) is 6.00. The van der Waals surface area contributed by atoms with Gasteiger partial charge in [0.2, 0.25) is 10.0 Å². The van der Waals surface area contributed by atoms with Crippen molar-refractivity contribution in [2.75, 3.05) is 14.1 Å². The average molecular weight is 843 g/mol. The molecule has 0 amide bonds. The third-order valence-electron chi connectivity index (χ3n) is 7.04. The van der Waals surface area contributed by atoms with Gasteiger partial charge >= 0.3 is 0 Å². The topological polar surface area (TPSA) is 111 Å². The molecule has 0 spiro atoms. The van der Waals surface area contributed by atoms with Crippen LogP contribution in [-0.4, -0.2) is 36.4 Å². The van der Waals surface area contributed by atoms with Crippen molar-refractivity contribution in [2.24, 2.45) is 0 Å². The van der Waals surface area contributed by atoms with Crippen LogP contribution in [0.2, 0.25) is 0 Å². The molecule has 5 rings (SSSR count). The van der Waals surface area contributed by atoms with Crippen molar-refractivity contribution in [3.63, 3.8) is 0 Å². The SMILES string of the molecule is Cc1cc(OCc2ccc(F)cc2F)c(Br)c(=O)n1Cc1ccc(S(=O)(=O)N(C)C)cc1.Cc1cc(Oc2ccc(F)cc2F)c(Br)c(=O)[nH]1. The summed E-state index contributed by atoms with van der Waals surface area (Å²) in [4.78, 5) is 27.0. The lowest BCUT2D eigenvalue weighted by atomic mass is 10.2. The van der Waals surface area contributed by atoms with Crippen molar-refractivity contribution >= 4 is 41.9 Å². The maximum Gasteiger partial charge on any atom is 0.269 e. The number of nitrogens with one attached hydrogen (secondary N) is 1. The zero-order valence-electron chi connectivity index (χ0n) is 26.9. The summed E-state index contributed by atoms with van der Waals surface area (Å²) in [5.74, 6) is -2.69. The monoisotopic (exact) mass is 841 g/mol. The number of aromatic nitrogens is 2. The second-order valence-corrected chi connectivity index (χ2v) is 14.7. The number of H-pyrrole nitrogens is 1. The van der Waals surface area contributed by atoms with Gasteiger partial charge in [0.1, 0.15) is 44.5 Å². The molecule has 1 N–H and O–H groups in total. The molecule has 50 heavy (non-hydrogen) atoms. The Bertz CT molecular complexity index is 2260. The number of hydrogen-bond acceptors (Lipinski definition) is 6. The number of nitrogens with zero attached hydrogens (tertiary/aromatic N) is 2. The van der Waals surface area contributed by atoms with Gasteiger partial charge < -0.3 is 19.0 Å². The van der Waals surface area contributed by atoms with E-state index in [2.05, 4.69) is 36.8 Å². The minimum Gasteiger partial charge on any atom is -0.487 e. The van der Waals surface area contributed by atoms with Gasteiger partial charge in [0.05, 0.1) is 11.4 Å². The van der Waals surface area contributed by atoms with E-state index in [4.69, 9.17) is 9.47 Å². The van der Waals surface area contributed by atoms with Gasteiger partial charge in [-0.2, -0.15) is 0 Å². The number of halogens is 6. The van der Waals surface area contributed by atoms with Crippen LogP contribution in [0.15, 0.2) is 96.2 Å². The first-order valence-electron chi connectivity index (χ1n) is 14.5. The molecule has 0 aliphatic rings. The molecule has 3 aromatic carbocycles. The fourth-order valence-electron chi connectivity index (χ4n) is 4.36. The molecule has 0 saturated heterocycles. The number of sulfonamides is 1. The van der Waals surface area contributed by atoms with Crippen LogP contribution in [0.5, 0.6) is 17.2 Å². The number of aryl methyl sites for hydroxylation is 2. The molecule has 0 unspecified atom stereocenters. The number of hydrogen-bond donors (Lipinski definition) is 1.